The molecule has 1 amide bonds. The molecular formula is C22H18ClF2N5O2S. The third-order valence-corrected chi connectivity index (χ3v) is 6.21. The largest absolute Gasteiger partial charge is 0.495 e. The van der Waals surface area contributed by atoms with Gasteiger partial charge in [0.15, 0.2) is 5.50 Å². The Bertz CT molecular complexity index is 1180. The van der Waals surface area contributed by atoms with Crippen LogP contribution in [0, 0.1) is 29.1 Å². The summed E-state index contributed by atoms with van der Waals surface area (Å²) in [6, 6.07) is 2.21. The van der Waals surface area contributed by atoms with E-state index in [4.69, 9.17) is 16.3 Å². The zero-order valence-corrected chi connectivity index (χ0v) is 18.9. The van der Waals surface area contributed by atoms with Crippen molar-refractivity contribution in [1.82, 2.24) is 20.9 Å². The van der Waals surface area contributed by atoms with E-state index in [1.165, 1.54) is 43.4 Å². The summed E-state index contributed by atoms with van der Waals surface area (Å²) in [4.78, 5) is 17.7. The fourth-order valence-corrected chi connectivity index (χ4v) is 4.24. The highest BCUT2D eigenvalue weighted by Crippen LogP contribution is 2.33. The number of hydrogen-bond acceptors (Lipinski definition) is 7. The third kappa shape index (κ3) is 5.24. The Hall–Kier alpha value is -3.21. The smallest absolute Gasteiger partial charge is 0.261 e. The van der Waals surface area contributed by atoms with Gasteiger partial charge < -0.3 is 20.7 Å². The Morgan fingerprint density at radius 3 is 2.91 bits per heavy atom. The van der Waals surface area contributed by atoms with Crippen molar-refractivity contribution in [3.63, 3.8) is 0 Å². The van der Waals surface area contributed by atoms with Gasteiger partial charge in [0.1, 0.15) is 28.7 Å². The summed E-state index contributed by atoms with van der Waals surface area (Å²) in [5, 5.41) is 17.7. The quantitative estimate of drug-likeness (QED) is 0.431. The molecule has 1 aromatic heterocycles. The van der Waals surface area contributed by atoms with E-state index >= 15 is 0 Å². The van der Waals surface area contributed by atoms with Crippen LogP contribution in [0.15, 0.2) is 40.9 Å². The molecular weight excluding hydrogens is 472 g/mol. The minimum atomic E-state index is -2.67. The van der Waals surface area contributed by atoms with E-state index in [0.717, 1.165) is 12.8 Å². The Morgan fingerprint density at radius 2 is 2.24 bits per heavy atom. The van der Waals surface area contributed by atoms with Gasteiger partial charge in [0.25, 0.3) is 12.3 Å². The molecule has 3 N–H and O–H groups in total. The first-order valence-corrected chi connectivity index (χ1v) is 11.2. The summed E-state index contributed by atoms with van der Waals surface area (Å²) >= 11 is 7.28. The Balaban J connectivity index is 1.58. The Morgan fingerprint density at radius 1 is 1.45 bits per heavy atom. The minimum Gasteiger partial charge on any atom is -0.495 e. The number of carbonyl (C=O) groups is 1. The molecule has 4 rings (SSSR count). The van der Waals surface area contributed by atoms with Gasteiger partial charge in [-0.1, -0.05) is 35.2 Å². The van der Waals surface area contributed by atoms with Crippen LogP contribution in [0.25, 0.3) is 5.57 Å². The lowest BCUT2D eigenvalue weighted by Crippen LogP contribution is -2.40. The maximum absolute atomic E-state index is 13.3. The molecule has 1 fully saturated rings. The number of methoxy groups -OCH3 is 1. The van der Waals surface area contributed by atoms with E-state index in [1.807, 2.05) is 0 Å². The lowest BCUT2D eigenvalue weighted by molar-refractivity contribution is 0.0947. The van der Waals surface area contributed by atoms with Crippen molar-refractivity contribution in [3.8, 4) is 17.9 Å². The van der Waals surface area contributed by atoms with Crippen LogP contribution in [0.2, 0.25) is 5.15 Å². The molecule has 0 radical (unpaired) electrons. The molecule has 7 nitrogen and oxygen atoms in total. The van der Waals surface area contributed by atoms with Crippen LogP contribution in [0.5, 0.6) is 0 Å². The minimum absolute atomic E-state index is 0.0875. The van der Waals surface area contributed by atoms with Crippen molar-refractivity contribution in [1.29, 1.82) is 5.26 Å². The van der Waals surface area contributed by atoms with Crippen LogP contribution in [0.4, 0.5) is 8.78 Å². The number of thioether (sulfide) groups is 1. The molecule has 2 unspecified atom stereocenters. The number of nitrogens with one attached hydrogen (secondary N) is 3. The number of hydrogen-bond donors (Lipinski definition) is 3. The van der Waals surface area contributed by atoms with E-state index in [-0.39, 0.29) is 27.6 Å². The van der Waals surface area contributed by atoms with Crippen molar-refractivity contribution in [2.24, 2.45) is 5.92 Å². The van der Waals surface area contributed by atoms with Gasteiger partial charge >= 0.3 is 0 Å². The zero-order valence-electron chi connectivity index (χ0n) is 17.3. The van der Waals surface area contributed by atoms with Crippen molar-refractivity contribution in [2.75, 3.05) is 7.11 Å². The Kier molecular flexibility index (Phi) is 6.77. The van der Waals surface area contributed by atoms with Gasteiger partial charge in [-0.15, -0.1) is 0 Å². The van der Waals surface area contributed by atoms with Gasteiger partial charge in [-0.3, -0.25) is 4.79 Å². The maximum Gasteiger partial charge on any atom is 0.261 e. The van der Waals surface area contributed by atoms with Crippen molar-refractivity contribution < 1.29 is 18.3 Å². The average Bonchev–Trinajstić information content (AvgIpc) is 3.56. The molecule has 0 aromatic carbocycles. The topological polar surface area (TPSA) is 99.1 Å². The van der Waals surface area contributed by atoms with Crippen LogP contribution in [-0.2, 0) is 4.74 Å². The summed E-state index contributed by atoms with van der Waals surface area (Å²) in [6.45, 7) is 0. The second-order valence-electron chi connectivity index (χ2n) is 7.35. The molecule has 3 heterocycles. The predicted octanol–water partition coefficient (Wildman–Crippen LogP) is 3.34. The molecule has 33 heavy (non-hydrogen) atoms. The molecule has 1 aliphatic carbocycles. The highest BCUT2D eigenvalue weighted by molar-refractivity contribution is 8.04. The highest BCUT2D eigenvalue weighted by atomic mass is 35.5. The van der Waals surface area contributed by atoms with Crippen LogP contribution < -0.4 is 16.0 Å². The van der Waals surface area contributed by atoms with E-state index in [1.54, 1.807) is 0 Å². The number of halogens is 3. The van der Waals surface area contributed by atoms with E-state index < -0.39 is 23.9 Å². The number of ether oxygens (including phenoxy) is 1. The fraction of sp³-hybridized carbons (Fsp3) is 0.318. The normalized spacial score (nSPS) is 21.7. The first-order chi connectivity index (χ1) is 15.9. The van der Waals surface area contributed by atoms with Crippen LogP contribution in [0.1, 0.15) is 28.8 Å². The third-order valence-electron chi connectivity index (χ3n) is 4.99. The number of dihydropyridines is 1. The number of alkyl halides is 2. The molecule has 0 bridgehead atoms. The number of pyridine rings is 1. The number of amides is 1. The van der Waals surface area contributed by atoms with Gasteiger partial charge in [-0.05, 0) is 25.0 Å². The van der Waals surface area contributed by atoms with E-state index in [2.05, 4.69) is 38.8 Å². The monoisotopic (exact) mass is 489 g/mol. The number of nitrogens with zero attached hydrogens (tertiary/aromatic N) is 2. The molecule has 1 aromatic rings. The molecule has 170 valence electrons. The summed E-state index contributed by atoms with van der Waals surface area (Å²) < 4.78 is 32.0. The van der Waals surface area contributed by atoms with Crippen LogP contribution in [0.3, 0.4) is 0 Å². The first-order valence-electron chi connectivity index (χ1n) is 9.96. The maximum atomic E-state index is 13.3. The number of aromatic nitrogens is 1. The van der Waals surface area contributed by atoms with Crippen LogP contribution >= 0.6 is 23.4 Å². The predicted molar refractivity (Wildman–Crippen MR) is 120 cm³/mol. The summed E-state index contributed by atoms with van der Waals surface area (Å²) in [6.07, 6.45) is 3.33. The standard InChI is InChI=1S/C22H18ClF2N5O2S/c1-32-17-10-27-15(20(24)25)6-13(17)12-7-19(23)28-9-14(12)21(31)30-22-29-16(8-26)18(33-22)5-4-11-2-3-11/h6-7,9-11,15,20,22,27,29H,2-3H2,1H3,(H,30,31). The van der Waals surface area contributed by atoms with E-state index in [0.29, 0.717) is 16.5 Å². The zero-order chi connectivity index (χ0) is 23.5. The SMILES string of the molecule is COC1=CNC(C(F)F)C=C1c1cc(Cl)ncc1C(=O)NC1NC(C#N)=C(C#CC2CC2)S1. The fourth-order valence-electron chi connectivity index (χ4n) is 3.17. The lowest BCUT2D eigenvalue weighted by atomic mass is 9.96. The van der Waals surface area contributed by atoms with Gasteiger partial charge in [0.2, 0.25) is 0 Å². The second-order valence-corrected chi connectivity index (χ2v) is 8.85. The number of nitriles is 1. The number of rotatable bonds is 5. The van der Waals surface area contributed by atoms with Gasteiger partial charge in [0.05, 0.1) is 17.6 Å². The number of allylic oxidation sites excluding steroid dienone is 3. The van der Waals surface area contributed by atoms with E-state index in [9.17, 15) is 18.8 Å². The van der Waals surface area contributed by atoms with Crippen molar-refractivity contribution >= 4 is 34.8 Å². The molecule has 0 saturated heterocycles. The molecule has 11 heteroatoms. The first kappa shape index (κ1) is 23.0. The molecule has 1 saturated carbocycles. The van der Waals surface area contributed by atoms with Crippen molar-refractivity contribution in [3.05, 3.63) is 57.2 Å². The van der Waals surface area contributed by atoms with Gasteiger partial charge in [-0.2, -0.15) is 5.26 Å². The number of carbonyl (C=O) groups excluding carboxylic acids is 1. The average molecular weight is 490 g/mol. The molecule has 0 spiro atoms. The van der Waals surface area contributed by atoms with Crippen LogP contribution in [-0.4, -0.2) is 36.0 Å². The summed E-state index contributed by atoms with van der Waals surface area (Å²) in [5.41, 5.74) is 0.348. The van der Waals surface area contributed by atoms with Gasteiger partial charge in [-0.25, -0.2) is 13.8 Å². The van der Waals surface area contributed by atoms with Gasteiger partial charge in [0, 0.05) is 29.5 Å². The summed E-state index contributed by atoms with van der Waals surface area (Å²) in [5.74, 6) is 6.21. The Labute approximate surface area is 198 Å². The molecule has 2 aliphatic heterocycles. The lowest BCUT2D eigenvalue weighted by Gasteiger charge is -2.24. The molecule has 3 aliphatic rings. The highest BCUT2D eigenvalue weighted by Gasteiger charge is 2.30. The molecule has 2 atom stereocenters. The van der Waals surface area contributed by atoms with Crippen molar-refractivity contribution in [2.45, 2.75) is 30.8 Å². The summed E-state index contributed by atoms with van der Waals surface area (Å²) in [7, 11) is 1.39. The second kappa shape index (κ2) is 9.74.